The van der Waals surface area contributed by atoms with Gasteiger partial charge in [0.15, 0.2) is 5.69 Å². The van der Waals surface area contributed by atoms with Crippen molar-refractivity contribution in [2.24, 2.45) is 0 Å². The lowest BCUT2D eigenvalue weighted by atomic mass is 10.3. The third-order valence-corrected chi connectivity index (χ3v) is 2.90. The van der Waals surface area contributed by atoms with Gasteiger partial charge in [-0.2, -0.15) is 5.26 Å². The molecule has 1 aromatic carbocycles. The largest absolute Gasteiger partial charge is 0.493 e. The number of nitriles is 1. The van der Waals surface area contributed by atoms with E-state index in [4.69, 9.17) is 10.00 Å². The average Bonchev–Trinajstić information content (AvgIpc) is 2.78. The van der Waals surface area contributed by atoms with Crippen LogP contribution in [0.5, 0.6) is 5.75 Å². The highest BCUT2D eigenvalue weighted by Gasteiger charge is 2.01. The van der Waals surface area contributed by atoms with E-state index in [9.17, 15) is 0 Å². The highest BCUT2D eigenvalue weighted by molar-refractivity contribution is 7.09. The molecule has 0 saturated carbocycles. The molecule has 16 heavy (non-hydrogen) atoms. The normalized spacial score (nSPS) is 9.69. The molecule has 2 aromatic rings. The number of hydrogen-bond donors (Lipinski definition) is 0. The van der Waals surface area contributed by atoms with Crippen molar-refractivity contribution in [2.45, 2.75) is 6.42 Å². The van der Waals surface area contributed by atoms with Crippen LogP contribution in [0.2, 0.25) is 0 Å². The zero-order chi connectivity index (χ0) is 11.2. The Labute approximate surface area is 97.9 Å². The van der Waals surface area contributed by atoms with E-state index in [2.05, 4.69) is 4.98 Å². The molecule has 0 amide bonds. The van der Waals surface area contributed by atoms with Gasteiger partial charge >= 0.3 is 0 Å². The van der Waals surface area contributed by atoms with Gasteiger partial charge in [-0.1, -0.05) is 18.2 Å². The Hall–Kier alpha value is -1.86. The number of rotatable bonds is 4. The van der Waals surface area contributed by atoms with Crippen LogP contribution >= 0.6 is 11.3 Å². The molecule has 0 N–H and O–H groups in total. The summed E-state index contributed by atoms with van der Waals surface area (Å²) in [6, 6.07) is 11.7. The number of aromatic nitrogens is 1. The van der Waals surface area contributed by atoms with Gasteiger partial charge in [-0.25, -0.2) is 4.98 Å². The summed E-state index contributed by atoms with van der Waals surface area (Å²) in [4.78, 5) is 4.14. The predicted octanol–water partition coefficient (Wildman–Crippen LogP) is 2.64. The highest BCUT2D eigenvalue weighted by Crippen LogP contribution is 2.12. The Morgan fingerprint density at radius 3 is 2.81 bits per heavy atom. The minimum atomic E-state index is 0.486. The molecule has 3 nitrogen and oxygen atoms in total. The predicted molar refractivity (Wildman–Crippen MR) is 62.5 cm³/mol. The number of benzene rings is 1. The summed E-state index contributed by atoms with van der Waals surface area (Å²) in [5.74, 6) is 0.861. The summed E-state index contributed by atoms with van der Waals surface area (Å²) in [5, 5.41) is 11.3. The summed E-state index contributed by atoms with van der Waals surface area (Å²) in [7, 11) is 0. The summed E-state index contributed by atoms with van der Waals surface area (Å²) < 4.78 is 5.54. The fourth-order valence-corrected chi connectivity index (χ4v) is 1.96. The first kappa shape index (κ1) is 10.7. The fourth-order valence-electron chi connectivity index (χ4n) is 1.25. The molecule has 0 aliphatic carbocycles. The van der Waals surface area contributed by atoms with Crippen molar-refractivity contribution in [3.63, 3.8) is 0 Å². The first-order valence-electron chi connectivity index (χ1n) is 4.91. The molecule has 0 bridgehead atoms. The number of para-hydroxylation sites is 1. The number of nitrogens with zero attached hydrogens (tertiary/aromatic N) is 2. The van der Waals surface area contributed by atoms with Crippen LogP contribution in [-0.4, -0.2) is 11.6 Å². The van der Waals surface area contributed by atoms with E-state index >= 15 is 0 Å². The lowest BCUT2D eigenvalue weighted by Gasteiger charge is -2.03. The minimum Gasteiger partial charge on any atom is -0.493 e. The first-order chi connectivity index (χ1) is 7.88. The molecule has 0 aliphatic heterocycles. The molecule has 0 saturated heterocycles. The maximum absolute atomic E-state index is 8.62. The molecule has 0 atom stereocenters. The molecule has 0 aliphatic rings. The summed E-state index contributed by atoms with van der Waals surface area (Å²) >= 11 is 1.50. The van der Waals surface area contributed by atoms with E-state index in [1.807, 2.05) is 36.4 Å². The van der Waals surface area contributed by atoms with Crippen molar-refractivity contribution in [3.8, 4) is 11.8 Å². The Morgan fingerprint density at radius 1 is 1.31 bits per heavy atom. The van der Waals surface area contributed by atoms with Gasteiger partial charge in [0.1, 0.15) is 11.8 Å². The molecule has 0 radical (unpaired) electrons. The van der Waals surface area contributed by atoms with Gasteiger partial charge in [0, 0.05) is 11.8 Å². The maximum Gasteiger partial charge on any atom is 0.151 e. The molecule has 0 spiro atoms. The molecule has 4 heteroatoms. The van der Waals surface area contributed by atoms with E-state index in [-0.39, 0.29) is 0 Å². The lowest BCUT2D eigenvalue weighted by molar-refractivity contribution is 0.322. The van der Waals surface area contributed by atoms with Crippen LogP contribution in [0.1, 0.15) is 10.7 Å². The third kappa shape index (κ3) is 2.81. The van der Waals surface area contributed by atoms with E-state index in [1.54, 1.807) is 5.38 Å². The molecule has 80 valence electrons. The summed E-state index contributed by atoms with van der Waals surface area (Å²) in [6.45, 7) is 0.586. The van der Waals surface area contributed by atoms with Crippen LogP contribution in [0.3, 0.4) is 0 Å². The summed E-state index contributed by atoms with van der Waals surface area (Å²) in [6.07, 6.45) is 0.737. The second-order valence-corrected chi connectivity index (χ2v) is 4.09. The van der Waals surface area contributed by atoms with Crippen molar-refractivity contribution < 1.29 is 4.74 Å². The van der Waals surface area contributed by atoms with Gasteiger partial charge in [0.2, 0.25) is 0 Å². The van der Waals surface area contributed by atoms with Crippen molar-refractivity contribution in [3.05, 3.63) is 46.4 Å². The van der Waals surface area contributed by atoms with Gasteiger partial charge < -0.3 is 4.74 Å². The van der Waals surface area contributed by atoms with E-state index in [0.29, 0.717) is 12.3 Å². The molecular formula is C12H10N2OS. The van der Waals surface area contributed by atoms with Crippen LogP contribution in [0.25, 0.3) is 0 Å². The molecule has 2 rings (SSSR count). The molecule has 1 heterocycles. The van der Waals surface area contributed by atoms with Crippen LogP contribution in [0.4, 0.5) is 0 Å². The van der Waals surface area contributed by atoms with Gasteiger partial charge in [-0.15, -0.1) is 11.3 Å². The van der Waals surface area contributed by atoms with Crippen molar-refractivity contribution in [2.75, 3.05) is 6.61 Å². The maximum atomic E-state index is 8.62. The van der Waals surface area contributed by atoms with Gasteiger partial charge in [-0.05, 0) is 12.1 Å². The van der Waals surface area contributed by atoms with Crippen LogP contribution in [0.15, 0.2) is 35.7 Å². The van der Waals surface area contributed by atoms with E-state index < -0.39 is 0 Å². The average molecular weight is 230 g/mol. The monoisotopic (exact) mass is 230 g/mol. The van der Waals surface area contributed by atoms with Gasteiger partial charge in [0.25, 0.3) is 0 Å². The van der Waals surface area contributed by atoms with Crippen molar-refractivity contribution >= 4 is 11.3 Å². The first-order valence-corrected chi connectivity index (χ1v) is 5.79. The van der Waals surface area contributed by atoms with Crippen molar-refractivity contribution in [1.82, 2.24) is 4.98 Å². The van der Waals surface area contributed by atoms with E-state index in [1.165, 1.54) is 11.3 Å². The summed E-state index contributed by atoms with van der Waals surface area (Å²) in [5.41, 5.74) is 0.486. The molecule has 0 fully saturated rings. The number of ether oxygens (including phenoxy) is 1. The van der Waals surface area contributed by atoms with Crippen LogP contribution in [0, 0.1) is 11.3 Å². The van der Waals surface area contributed by atoms with Crippen LogP contribution < -0.4 is 4.74 Å². The van der Waals surface area contributed by atoms with Gasteiger partial charge in [0.05, 0.1) is 11.6 Å². The second-order valence-electron chi connectivity index (χ2n) is 3.15. The third-order valence-electron chi connectivity index (χ3n) is 1.99. The Balaban J connectivity index is 1.83. The smallest absolute Gasteiger partial charge is 0.151 e. The fraction of sp³-hybridized carbons (Fsp3) is 0.167. The standard InChI is InChI=1S/C12H10N2OS/c13-8-10-9-16-12(14-10)6-7-15-11-4-2-1-3-5-11/h1-5,9H,6-7H2. The van der Waals surface area contributed by atoms with Crippen LogP contribution in [-0.2, 0) is 6.42 Å². The second kappa shape index (κ2) is 5.29. The Morgan fingerprint density at radius 2 is 2.12 bits per heavy atom. The van der Waals surface area contributed by atoms with E-state index in [0.717, 1.165) is 17.2 Å². The van der Waals surface area contributed by atoms with Gasteiger partial charge in [-0.3, -0.25) is 0 Å². The molecule has 1 aromatic heterocycles. The van der Waals surface area contributed by atoms with Crippen molar-refractivity contribution in [1.29, 1.82) is 5.26 Å². The number of thiazole rings is 1. The zero-order valence-electron chi connectivity index (χ0n) is 8.59. The Kier molecular flexibility index (Phi) is 3.52. The molecule has 0 unspecified atom stereocenters. The zero-order valence-corrected chi connectivity index (χ0v) is 9.41. The molecular weight excluding hydrogens is 220 g/mol. The minimum absolute atomic E-state index is 0.486. The lowest BCUT2D eigenvalue weighted by Crippen LogP contribution is -2.00. The quantitative estimate of drug-likeness (QED) is 0.811. The Bertz CT molecular complexity index is 487. The number of hydrogen-bond acceptors (Lipinski definition) is 4. The topological polar surface area (TPSA) is 45.9 Å². The SMILES string of the molecule is N#Cc1csc(CCOc2ccccc2)n1. The highest BCUT2D eigenvalue weighted by atomic mass is 32.1.